The van der Waals surface area contributed by atoms with E-state index in [1.807, 2.05) is 0 Å². The van der Waals surface area contributed by atoms with Gasteiger partial charge in [0.15, 0.2) is 12.4 Å². The van der Waals surface area contributed by atoms with Crippen LogP contribution in [0.5, 0.6) is 0 Å². The Kier molecular flexibility index (Phi) is 4.57. The number of aromatic amines is 1. The van der Waals surface area contributed by atoms with Crippen LogP contribution >= 0.6 is 0 Å². The zero-order valence-electron chi connectivity index (χ0n) is 11.7. The Bertz CT molecular complexity index is 614. The predicted molar refractivity (Wildman–Crippen MR) is 70.6 cm³/mol. The van der Waals surface area contributed by atoms with Gasteiger partial charge in [0.1, 0.15) is 12.2 Å². The molecule has 1 aliphatic rings. The van der Waals surface area contributed by atoms with Gasteiger partial charge in [-0.1, -0.05) is 0 Å². The average Bonchev–Trinajstić information content (AvgIpc) is 2.69. The Morgan fingerprint density at radius 3 is 2.67 bits per heavy atom. The monoisotopic (exact) mass is 303 g/mol. The summed E-state index contributed by atoms with van der Waals surface area (Å²) in [5.74, 6) is 0. The van der Waals surface area contributed by atoms with Gasteiger partial charge in [-0.05, 0) is 14.1 Å². The van der Waals surface area contributed by atoms with E-state index in [4.69, 9.17) is 9.84 Å². The molecular formula is C12H18FN3O5. The predicted octanol–water partition coefficient (Wildman–Crippen LogP) is -1.81. The third-order valence-electron chi connectivity index (χ3n) is 3.28. The van der Waals surface area contributed by atoms with E-state index in [-0.39, 0.29) is 12.1 Å². The zero-order chi connectivity index (χ0) is 15.7. The number of rotatable bonds is 4. The van der Waals surface area contributed by atoms with Crippen molar-refractivity contribution in [2.24, 2.45) is 0 Å². The third-order valence-corrected chi connectivity index (χ3v) is 3.28. The molecule has 0 aromatic carbocycles. The quantitative estimate of drug-likeness (QED) is 0.605. The summed E-state index contributed by atoms with van der Waals surface area (Å²) in [4.78, 5) is 27.3. The molecule has 118 valence electrons. The molecular weight excluding hydrogens is 285 g/mol. The number of ether oxygens (including phenoxy) is 1. The van der Waals surface area contributed by atoms with E-state index in [0.29, 0.717) is 0 Å². The van der Waals surface area contributed by atoms with Gasteiger partial charge in [-0.2, -0.15) is 0 Å². The summed E-state index contributed by atoms with van der Waals surface area (Å²) >= 11 is 0. The number of H-pyrrole nitrogens is 1. The Morgan fingerprint density at radius 1 is 1.48 bits per heavy atom. The van der Waals surface area contributed by atoms with Crippen LogP contribution in [0, 0.1) is 0 Å². The van der Waals surface area contributed by atoms with E-state index in [1.54, 1.807) is 19.0 Å². The molecule has 0 unspecified atom stereocenters. The number of nitrogens with zero attached hydrogens (tertiary/aromatic N) is 2. The molecule has 2 rings (SSSR count). The number of aliphatic hydroxyl groups is 2. The number of alkyl halides is 1. The first-order valence-corrected chi connectivity index (χ1v) is 6.42. The van der Waals surface area contributed by atoms with Gasteiger partial charge in [0.05, 0.1) is 6.61 Å². The molecule has 3 N–H and O–H groups in total. The fourth-order valence-corrected chi connectivity index (χ4v) is 2.25. The van der Waals surface area contributed by atoms with Crippen LogP contribution in [0.1, 0.15) is 11.8 Å². The van der Waals surface area contributed by atoms with Crippen LogP contribution in [-0.4, -0.2) is 63.7 Å². The van der Waals surface area contributed by atoms with Crippen molar-refractivity contribution in [2.75, 3.05) is 20.7 Å². The van der Waals surface area contributed by atoms with Crippen molar-refractivity contribution < 1.29 is 19.3 Å². The highest BCUT2D eigenvalue weighted by atomic mass is 19.1. The largest absolute Gasteiger partial charge is 0.394 e. The van der Waals surface area contributed by atoms with Crippen LogP contribution in [-0.2, 0) is 11.3 Å². The first kappa shape index (κ1) is 15.8. The van der Waals surface area contributed by atoms with Gasteiger partial charge in [-0.25, -0.2) is 9.18 Å². The van der Waals surface area contributed by atoms with Crippen LogP contribution in [0.25, 0.3) is 0 Å². The molecule has 0 radical (unpaired) electrons. The van der Waals surface area contributed by atoms with Crippen molar-refractivity contribution in [3.05, 3.63) is 32.6 Å². The molecule has 9 heteroatoms. The zero-order valence-corrected chi connectivity index (χ0v) is 11.7. The minimum Gasteiger partial charge on any atom is -0.394 e. The van der Waals surface area contributed by atoms with E-state index in [2.05, 4.69) is 4.98 Å². The summed E-state index contributed by atoms with van der Waals surface area (Å²) in [6, 6.07) is 0. The highest BCUT2D eigenvalue weighted by Gasteiger charge is 2.45. The second-order valence-corrected chi connectivity index (χ2v) is 5.24. The maximum Gasteiger partial charge on any atom is 0.330 e. The summed E-state index contributed by atoms with van der Waals surface area (Å²) < 4.78 is 20.1. The van der Waals surface area contributed by atoms with Gasteiger partial charge in [-0.15, -0.1) is 0 Å². The molecule has 1 saturated heterocycles. The van der Waals surface area contributed by atoms with Gasteiger partial charge >= 0.3 is 5.69 Å². The SMILES string of the molecule is CN(C)Cc1cn([C@@H]2O[C@H](CO)[C@@H](O)[C@H]2F)c(=O)[nH]c1=O. The lowest BCUT2D eigenvalue weighted by atomic mass is 10.1. The molecule has 1 fully saturated rings. The van der Waals surface area contributed by atoms with Gasteiger partial charge in [-0.3, -0.25) is 14.3 Å². The second-order valence-electron chi connectivity index (χ2n) is 5.24. The normalized spacial score (nSPS) is 29.2. The van der Waals surface area contributed by atoms with E-state index in [9.17, 15) is 19.1 Å². The average molecular weight is 303 g/mol. The van der Waals surface area contributed by atoms with Crippen LogP contribution in [0.4, 0.5) is 4.39 Å². The number of hydrogen-bond acceptors (Lipinski definition) is 6. The fourth-order valence-electron chi connectivity index (χ4n) is 2.25. The highest BCUT2D eigenvalue weighted by molar-refractivity contribution is 5.06. The first-order valence-electron chi connectivity index (χ1n) is 6.42. The van der Waals surface area contributed by atoms with Crippen LogP contribution in [0.3, 0.4) is 0 Å². The number of aromatic nitrogens is 2. The van der Waals surface area contributed by atoms with E-state index >= 15 is 0 Å². The molecule has 0 amide bonds. The topological polar surface area (TPSA) is 108 Å². The van der Waals surface area contributed by atoms with Crippen molar-refractivity contribution in [3.63, 3.8) is 0 Å². The van der Waals surface area contributed by atoms with Crippen LogP contribution < -0.4 is 11.2 Å². The van der Waals surface area contributed by atoms with E-state index < -0.39 is 42.5 Å². The maximum atomic E-state index is 14.0. The van der Waals surface area contributed by atoms with Gasteiger partial charge in [0.2, 0.25) is 0 Å². The highest BCUT2D eigenvalue weighted by Crippen LogP contribution is 2.30. The molecule has 0 bridgehead atoms. The molecule has 1 aromatic rings. The number of nitrogens with one attached hydrogen (secondary N) is 1. The van der Waals surface area contributed by atoms with Crippen LogP contribution in [0.15, 0.2) is 15.8 Å². The third kappa shape index (κ3) is 3.05. The summed E-state index contributed by atoms with van der Waals surface area (Å²) in [5.41, 5.74) is -1.13. The molecule has 8 nitrogen and oxygen atoms in total. The Labute approximate surface area is 119 Å². The standard InChI is InChI=1S/C12H18FN3O5/c1-15(2)3-6-4-16(12(20)14-10(6)19)11-8(13)9(18)7(5-17)21-11/h4,7-9,11,17-18H,3,5H2,1-2H3,(H,14,19,20)/t7-,8-,9-,11-/m1/s1. The summed E-state index contributed by atoms with van der Waals surface area (Å²) in [6.45, 7) is -0.313. The van der Waals surface area contributed by atoms with E-state index in [1.165, 1.54) is 6.20 Å². The van der Waals surface area contributed by atoms with Crippen molar-refractivity contribution >= 4 is 0 Å². The van der Waals surface area contributed by atoms with Gasteiger partial charge in [0.25, 0.3) is 5.56 Å². The molecule has 1 aliphatic heterocycles. The number of halogens is 1. The Balaban J connectivity index is 2.40. The number of hydrogen-bond donors (Lipinski definition) is 3. The van der Waals surface area contributed by atoms with Crippen molar-refractivity contribution in [3.8, 4) is 0 Å². The fraction of sp³-hybridized carbons (Fsp3) is 0.667. The first-order chi connectivity index (χ1) is 9.85. The smallest absolute Gasteiger partial charge is 0.330 e. The Hall–Kier alpha value is -1.55. The molecule has 0 aliphatic carbocycles. The molecule has 0 saturated carbocycles. The molecule has 21 heavy (non-hydrogen) atoms. The lowest BCUT2D eigenvalue weighted by Gasteiger charge is -2.17. The minimum atomic E-state index is -1.88. The summed E-state index contributed by atoms with van der Waals surface area (Å²) in [7, 11) is 3.48. The second kappa shape index (κ2) is 6.06. The summed E-state index contributed by atoms with van der Waals surface area (Å²) in [5, 5.41) is 18.6. The molecule has 1 aromatic heterocycles. The lowest BCUT2D eigenvalue weighted by molar-refractivity contribution is -0.0492. The van der Waals surface area contributed by atoms with Gasteiger partial charge in [0, 0.05) is 18.3 Å². The Morgan fingerprint density at radius 2 is 2.14 bits per heavy atom. The minimum absolute atomic E-state index is 0.255. The van der Waals surface area contributed by atoms with E-state index in [0.717, 1.165) is 4.57 Å². The van der Waals surface area contributed by atoms with Crippen molar-refractivity contribution in [1.82, 2.24) is 14.5 Å². The molecule has 2 heterocycles. The maximum absolute atomic E-state index is 14.0. The van der Waals surface area contributed by atoms with Crippen molar-refractivity contribution in [1.29, 1.82) is 0 Å². The molecule has 0 spiro atoms. The number of aliphatic hydroxyl groups excluding tert-OH is 2. The van der Waals surface area contributed by atoms with Crippen molar-refractivity contribution in [2.45, 2.75) is 31.2 Å². The molecule has 4 atom stereocenters. The summed E-state index contributed by atoms with van der Waals surface area (Å²) in [6.07, 6.45) is -4.69. The lowest BCUT2D eigenvalue weighted by Crippen LogP contribution is -2.38. The van der Waals surface area contributed by atoms with Crippen LogP contribution in [0.2, 0.25) is 0 Å². The van der Waals surface area contributed by atoms with Gasteiger partial charge < -0.3 is 19.8 Å².